The molecular weight excluding hydrogens is 786 g/mol. The highest BCUT2D eigenvalue weighted by molar-refractivity contribution is 7.48. The van der Waals surface area contributed by atoms with Gasteiger partial charge in [-0.1, -0.05) is 103 Å². The van der Waals surface area contributed by atoms with E-state index in [0.717, 1.165) is 51.3 Å². The summed E-state index contributed by atoms with van der Waals surface area (Å²) < 4.78 is 61.9. The first-order valence-electron chi connectivity index (χ1n) is 20.5. The van der Waals surface area contributed by atoms with Crippen LogP contribution in [0, 0.1) is 28.5 Å². The van der Waals surface area contributed by atoms with Crippen LogP contribution in [0.2, 0.25) is 0 Å². The number of esters is 1. The Bertz CT molecular complexity index is 1910. The number of benzene rings is 1. The van der Waals surface area contributed by atoms with Gasteiger partial charge in [0.15, 0.2) is 18.2 Å². The zero-order valence-corrected chi connectivity index (χ0v) is 34.9. The van der Waals surface area contributed by atoms with Gasteiger partial charge in [-0.15, -0.1) is 0 Å². The van der Waals surface area contributed by atoms with Crippen molar-refractivity contribution in [1.29, 1.82) is 10.5 Å². The van der Waals surface area contributed by atoms with Gasteiger partial charge in [0.2, 0.25) is 5.60 Å². The minimum absolute atomic E-state index is 0.0348. The van der Waals surface area contributed by atoms with Crippen LogP contribution in [-0.4, -0.2) is 75.7 Å². The highest BCUT2D eigenvalue weighted by atomic mass is 31.2. The van der Waals surface area contributed by atoms with Gasteiger partial charge in [0.1, 0.15) is 35.9 Å². The normalized spacial score (nSPS) is 20.6. The van der Waals surface area contributed by atoms with Crippen molar-refractivity contribution in [2.75, 3.05) is 26.1 Å². The van der Waals surface area contributed by atoms with E-state index in [9.17, 15) is 34.5 Å². The summed E-state index contributed by atoms with van der Waals surface area (Å²) in [7, 11) is -3.77. The molecule has 4 N–H and O–H groups in total. The number of anilines is 1. The molecule has 59 heavy (non-hydrogen) atoms. The predicted octanol–water partition coefficient (Wildman–Crippen LogP) is 7.30. The minimum atomic E-state index is -4.74. The van der Waals surface area contributed by atoms with Gasteiger partial charge < -0.3 is 30.2 Å². The number of aromatic nitrogens is 3. The number of unbranched alkanes of at least 4 members (excludes halogenated alkanes) is 15. The van der Waals surface area contributed by atoms with E-state index < -0.39 is 56.4 Å². The van der Waals surface area contributed by atoms with E-state index in [2.05, 4.69) is 17.0 Å². The van der Waals surface area contributed by atoms with Crippen molar-refractivity contribution in [3.63, 3.8) is 0 Å². The Morgan fingerprint density at radius 1 is 1.00 bits per heavy atom. The number of hydrogen-bond donors (Lipinski definition) is 3. The summed E-state index contributed by atoms with van der Waals surface area (Å²) in [6.07, 6.45) is 12.8. The molecule has 0 bridgehead atoms. The number of halogens is 1. The fourth-order valence-electron chi connectivity index (χ4n) is 6.90. The summed E-state index contributed by atoms with van der Waals surface area (Å²) in [5.74, 6) is -1.49. The average molecular weight is 845 g/mol. The second kappa shape index (κ2) is 24.3. The maximum absolute atomic E-state index is 14.1. The smallest absolute Gasteiger partial charge is 0.464 e. The van der Waals surface area contributed by atoms with Crippen LogP contribution in [0.4, 0.5) is 10.2 Å². The molecule has 1 unspecified atom stereocenters. The third-order valence-electron chi connectivity index (χ3n) is 10.2. The van der Waals surface area contributed by atoms with Crippen LogP contribution >= 0.6 is 7.82 Å². The van der Waals surface area contributed by atoms with E-state index in [1.54, 1.807) is 0 Å². The number of carbonyl (C=O) groups excluding carboxylic acids is 1. The molecule has 3 heterocycles. The van der Waals surface area contributed by atoms with Crippen LogP contribution in [0.5, 0.6) is 0 Å². The molecule has 1 fully saturated rings. The van der Waals surface area contributed by atoms with Crippen molar-refractivity contribution in [2.24, 2.45) is 0 Å². The lowest BCUT2D eigenvalue weighted by Crippen LogP contribution is -2.40. The van der Waals surface area contributed by atoms with Gasteiger partial charge in [-0.2, -0.15) is 15.6 Å². The molecule has 1 aliphatic heterocycles. The number of phosphoric acid groups is 1. The molecule has 0 saturated carbocycles. The molecule has 0 aliphatic carbocycles. The number of nitrogen functional groups attached to an aromatic ring is 1. The number of nitriles is 2. The van der Waals surface area contributed by atoms with Crippen LogP contribution in [-0.2, 0) is 49.3 Å². The zero-order valence-electron chi connectivity index (χ0n) is 34.0. The minimum Gasteiger partial charge on any atom is -0.464 e. The summed E-state index contributed by atoms with van der Waals surface area (Å²) in [5.41, 5.74) is 4.14. The van der Waals surface area contributed by atoms with E-state index in [4.69, 9.17) is 33.5 Å². The Balaban J connectivity index is 1.28. The van der Waals surface area contributed by atoms with Crippen LogP contribution in [0.1, 0.15) is 126 Å². The lowest BCUT2D eigenvalue weighted by molar-refractivity contribution is -0.162. The van der Waals surface area contributed by atoms with Crippen LogP contribution in [0.15, 0.2) is 36.7 Å². The number of fused-ring (bicyclic) bond motifs is 1. The molecule has 3 aromatic rings. The van der Waals surface area contributed by atoms with Gasteiger partial charge in [0.25, 0.3) is 0 Å². The van der Waals surface area contributed by atoms with Crippen LogP contribution in [0.3, 0.4) is 0 Å². The molecule has 4 rings (SSSR count). The first-order valence-corrected chi connectivity index (χ1v) is 22.0. The van der Waals surface area contributed by atoms with Gasteiger partial charge in [-0.05, 0) is 42.3 Å². The fourth-order valence-corrected chi connectivity index (χ4v) is 7.89. The number of nitrogens with two attached hydrogens (primary N) is 1. The monoisotopic (exact) mass is 844 g/mol. The molecule has 1 aromatic carbocycles. The van der Waals surface area contributed by atoms with Gasteiger partial charge in [-0.25, -0.2) is 23.2 Å². The molecule has 1 aliphatic rings. The number of aliphatic hydroxyl groups is 2. The van der Waals surface area contributed by atoms with Gasteiger partial charge in [0.05, 0.1) is 37.1 Å². The third kappa shape index (κ3) is 13.7. The number of rotatable bonds is 28. The topological polar surface area (TPSA) is 234 Å². The quantitative estimate of drug-likeness (QED) is 0.0370. The van der Waals surface area contributed by atoms with Crippen molar-refractivity contribution >= 4 is 25.1 Å². The molecule has 16 nitrogen and oxygen atoms in total. The summed E-state index contributed by atoms with van der Waals surface area (Å²) in [4.78, 5) is 17.2. The van der Waals surface area contributed by atoms with Crippen molar-refractivity contribution in [3.05, 3.63) is 59.3 Å². The second-order valence-electron chi connectivity index (χ2n) is 14.7. The van der Waals surface area contributed by atoms with E-state index in [-0.39, 0.29) is 41.4 Å². The standard InChI is InChI=1S/C41H58FN6O10P/c1-3-4-5-6-7-8-9-10-11-12-13-14-15-16-17-18-21-54-39(51)34(55-26-31-22-30(25-43)23-32(42)24-31)27-56-59(52,53-2)58-40-36(49)37(50)41(28-44,57-40)35-20-19-33-38(45)46-29-47-48(33)35/h19-20,22-24,29,34,36-37,40,49-50H,3-18,21,26-27H2,1-2H3,(H2,45,46,47)/t34-,36-,37+,40+,41-,59?/m0/s1. The first-order chi connectivity index (χ1) is 28.5. The number of aliphatic hydroxyl groups excluding tert-OH is 2. The van der Waals surface area contributed by atoms with E-state index in [0.29, 0.717) is 6.42 Å². The Labute approximate surface area is 345 Å². The first kappa shape index (κ1) is 47.6. The fraction of sp³-hybridized carbons (Fsp3) is 0.634. The Kier molecular flexibility index (Phi) is 19.6. The highest BCUT2D eigenvalue weighted by Gasteiger charge is 2.60. The molecule has 0 radical (unpaired) electrons. The largest absolute Gasteiger partial charge is 0.477 e. The third-order valence-corrected chi connectivity index (χ3v) is 11.6. The Morgan fingerprint density at radius 3 is 2.22 bits per heavy atom. The van der Waals surface area contributed by atoms with Crippen LogP contribution in [0.25, 0.3) is 5.52 Å². The van der Waals surface area contributed by atoms with E-state index in [1.165, 1.54) is 93.3 Å². The Hall–Kier alpha value is -4.03. The van der Waals surface area contributed by atoms with Crippen LogP contribution < -0.4 is 5.73 Å². The number of hydrogen-bond acceptors (Lipinski definition) is 15. The number of phosphoric ester groups is 1. The van der Waals surface area contributed by atoms with Gasteiger partial charge in [0, 0.05) is 7.11 Å². The molecule has 18 heteroatoms. The van der Waals surface area contributed by atoms with Gasteiger partial charge >= 0.3 is 13.8 Å². The molecule has 1 saturated heterocycles. The van der Waals surface area contributed by atoms with E-state index in [1.807, 2.05) is 12.1 Å². The van der Waals surface area contributed by atoms with Gasteiger partial charge in [-0.3, -0.25) is 13.6 Å². The molecule has 2 aromatic heterocycles. The average Bonchev–Trinajstić information content (AvgIpc) is 3.78. The maximum atomic E-state index is 14.1. The lowest BCUT2D eigenvalue weighted by atomic mass is 9.93. The summed E-state index contributed by atoms with van der Waals surface area (Å²) >= 11 is 0. The number of carbonyl (C=O) groups is 1. The second-order valence-corrected chi connectivity index (χ2v) is 16.4. The summed E-state index contributed by atoms with van der Waals surface area (Å²) in [5, 5.41) is 45.5. The maximum Gasteiger partial charge on any atom is 0.477 e. The van der Waals surface area contributed by atoms with Crippen molar-refractivity contribution in [3.8, 4) is 12.1 Å². The SMILES string of the molecule is CCCCCCCCCCCCCCCCCCOC(=O)[C@H](COP(=O)(OC)O[C@H]1O[C@@](C#N)(c2ccc3c(N)ncnn23)[C@H](O)[C@@H]1O)OCc1cc(F)cc(C#N)c1. The number of nitrogens with zero attached hydrogens (tertiary/aromatic N) is 5. The summed E-state index contributed by atoms with van der Waals surface area (Å²) in [6, 6.07) is 10.1. The van der Waals surface area contributed by atoms with Crippen molar-refractivity contribution in [1.82, 2.24) is 14.6 Å². The lowest BCUT2D eigenvalue weighted by Gasteiger charge is -2.25. The Morgan fingerprint density at radius 2 is 1.63 bits per heavy atom. The zero-order chi connectivity index (χ0) is 42.7. The highest BCUT2D eigenvalue weighted by Crippen LogP contribution is 2.53. The van der Waals surface area contributed by atoms with Crippen molar-refractivity contribution < 1.29 is 51.7 Å². The van der Waals surface area contributed by atoms with Crippen molar-refractivity contribution in [2.45, 2.75) is 146 Å². The number of ether oxygens (including phenoxy) is 3. The molecule has 6 atom stereocenters. The molecule has 0 spiro atoms. The summed E-state index contributed by atoms with van der Waals surface area (Å²) in [6.45, 7) is 1.20. The van der Waals surface area contributed by atoms with E-state index >= 15 is 0 Å². The molecule has 324 valence electrons. The predicted molar refractivity (Wildman–Crippen MR) is 213 cm³/mol. The molecule has 0 amide bonds. The molecular formula is C41H58FN6O10P.